The van der Waals surface area contributed by atoms with E-state index in [9.17, 15) is 4.79 Å². The first-order valence-corrected chi connectivity index (χ1v) is 7.27. The Bertz CT molecular complexity index is 655. The predicted octanol–water partition coefficient (Wildman–Crippen LogP) is 1.60. The van der Waals surface area contributed by atoms with Gasteiger partial charge in [-0.05, 0) is 30.2 Å². The van der Waals surface area contributed by atoms with E-state index in [1.165, 1.54) is 0 Å². The van der Waals surface area contributed by atoms with Gasteiger partial charge in [-0.15, -0.1) is 0 Å². The summed E-state index contributed by atoms with van der Waals surface area (Å²) in [5, 5.41) is 13.3. The first-order valence-electron chi connectivity index (χ1n) is 7.27. The topological polar surface area (TPSA) is 67.6 Å². The summed E-state index contributed by atoms with van der Waals surface area (Å²) in [6, 6.07) is 7.52. The Kier molecular flexibility index (Phi) is 4.11. The van der Waals surface area contributed by atoms with Gasteiger partial charge in [-0.2, -0.15) is 5.10 Å². The molecule has 0 saturated carbocycles. The van der Waals surface area contributed by atoms with E-state index in [4.69, 9.17) is 9.84 Å². The van der Waals surface area contributed by atoms with Gasteiger partial charge in [-0.1, -0.05) is 6.07 Å². The van der Waals surface area contributed by atoms with Crippen molar-refractivity contribution in [2.75, 3.05) is 13.7 Å². The fraction of sp³-hybridized carbons (Fsp3) is 0.375. The minimum absolute atomic E-state index is 0.350. The molecule has 1 aliphatic heterocycles. The number of hydrogen-bond donors (Lipinski definition) is 1. The van der Waals surface area contributed by atoms with E-state index in [1.54, 1.807) is 13.3 Å². The molecule has 0 spiro atoms. The van der Waals surface area contributed by atoms with Crippen molar-refractivity contribution < 1.29 is 14.6 Å². The molecule has 116 valence electrons. The molecule has 0 unspecified atom stereocenters. The molecule has 1 N–H and O–H groups in total. The molecule has 0 bridgehead atoms. The van der Waals surface area contributed by atoms with Gasteiger partial charge in [-0.3, -0.25) is 14.4 Å². The predicted molar refractivity (Wildman–Crippen MR) is 80.8 cm³/mol. The number of nitrogens with zero attached hydrogens (tertiary/aromatic N) is 3. The van der Waals surface area contributed by atoms with Crippen molar-refractivity contribution in [1.29, 1.82) is 0 Å². The summed E-state index contributed by atoms with van der Waals surface area (Å²) < 4.78 is 7.24. The van der Waals surface area contributed by atoms with Crippen molar-refractivity contribution in [1.82, 2.24) is 14.7 Å². The van der Waals surface area contributed by atoms with Crippen molar-refractivity contribution in [3.63, 3.8) is 0 Å². The smallest absolute Gasteiger partial charge is 0.320 e. The summed E-state index contributed by atoms with van der Waals surface area (Å²) in [4.78, 5) is 13.1. The normalized spacial score (nSPS) is 18.0. The Labute approximate surface area is 128 Å². The standard InChI is InChI=1S/C16H19N3O3/c1-22-15-4-3-12(10-18-8-5-14(18)16(20)21)9-13(15)11-19-7-2-6-17-19/h2-4,6-7,9,14H,5,8,10-11H2,1H3,(H,20,21)/t14-/m1/s1. The summed E-state index contributed by atoms with van der Waals surface area (Å²) in [7, 11) is 1.65. The van der Waals surface area contributed by atoms with Crippen LogP contribution in [0, 0.1) is 0 Å². The zero-order valence-electron chi connectivity index (χ0n) is 12.5. The SMILES string of the molecule is COc1ccc(CN2CC[C@@H]2C(=O)O)cc1Cn1cccn1. The number of methoxy groups -OCH3 is 1. The van der Waals surface area contributed by atoms with Gasteiger partial charge in [0.1, 0.15) is 11.8 Å². The Hall–Kier alpha value is -2.34. The van der Waals surface area contributed by atoms with Gasteiger partial charge in [0.2, 0.25) is 0 Å². The van der Waals surface area contributed by atoms with Crippen molar-refractivity contribution in [3.8, 4) is 5.75 Å². The average molecular weight is 301 g/mol. The van der Waals surface area contributed by atoms with Gasteiger partial charge >= 0.3 is 5.97 Å². The first kappa shape index (κ1) is 14.6. The van der Waals surface area contributed by atoms with Gasteiger partial charge < -0.3 is 9.84 Å². The lowest BCUT2D eigenvalue weighted by Gasteiger charge is -2.38. The highest BCUT2D eigenvalue weighted by atomic mass is 16.5. The molecule has 0 radical (unpaired) electrons. The van der Waals surface area contributed by atoms with Crippen LogP contribution < -0.4 is 4.74 Å². The summed E-state index contributed by atoms with van der Waals surface area (Å²) in [5.41, 5.74) is 2.13. The van der Waals surface area contributed by atoms with E-state index in [1.807, 2.05) is 34.0 Å². The maximum absolute atomic E-state index is 11.1. The Morgan fingerprint density at radius 2 is 2.32 bits per heavy atom. The number of carboxylic acid groups (broad SMARTS) is 1. The fourth-order valence-electron chi connectivity index (χ4n) is 2.77. The van der Waals surface area contributed by atoms with E-state index < -0.39 is 5.97 Å². The van der Waals surface area contributed by atoms with Crippen LogP contribution in [0.5, 0.6) is 5.75 Å². The third-order valence-corrected chi connectivity index (χ3v) is 4.04. The summed E-state index contributed by atoms with van der Waals surface area (Å²) in [6.07, 6.45) is 4.38. The summed E-state index contributed by atoms with van der Waals surface area (Å²) >= 11 is 0. The average Bonchev–Trinajstić information content (AvgIpc) is 2.96. The molecule has 6 nitrogen and oxygen atoms in total. The molecule has 1 aliphatic rings. The Morgan fingerprint density at radius 3 is 2.91 bits per heavy atom. The van der Waals surface area contributed by atoms with Crippen LogP contribution in [0.4, 0.5) is 0 Å². The van der Waals surface area contributed by atoms with Gasteiger partial charge in [-0.25, -0.2) is 0 Å². The third-order valence-electron chi connectivity index (χ3n) is 4.04. The van der Waals surface area contributed by atoms with Crippen LogP contribution in [0.1, 0.15) is 17.5 Å². The maximum Gasteiger partial charge on any atom is 0.320 e. The fourth-order valence-corrected chi connectivity index (χ4v) is 2.77. The molecule has 1 saturated heterocycles. The second kappa shape index (κ2) is 6.19. The van der Waals surface area contributed by atoms with Gasteiger partial charge in [0.15, 0.2) is 0 Å². The molecule has 22 heavy (non-hydrogen) atoms. The van der Waals surface area contributed by atoms with Crippen LogP contribution in [0.3, 0.4) is 0 Å². The molecule has 0 aliphatic carbocycles. The molecular weight excluding hydrogens is 282 g/mol. The van der Waals surface area contributed by atoms with Crippen LogP contribution in [-0.2, 0) is 17.9 Å². The molecule has 2 heterocycles. The van der Waals surface area contributed by atoms with Crippen LogP contribution in [0.15, 0.2) is 36.7 Å². The van der Waals surface area contributed by atoms with Gasteiger partial charge in [0, 0.05) is 31.0 Å². The van der Waals surface area contributed by atoms with Crippen LogP contribution in [0.2, 0.25) is 0 Å². The van der Waals surface area contributed by atoms with Crippen LogP contribution in [-0.4, -0.2) is 45.5 Å². The van der Waals surface area contributed by atoms with Crippen molar-refractivity contribution in [3.05, 3.63) is 47.8 Å². The number of aliphatic carboxylic acids is 1. The number of hydrogen-bond acceptors (Lipinski definition) is 4. The Morgan fingerprint density at radius 1 is 1.45 bits per heavy atom. The van der Waals surface area contributed by atoms with Crippen molar-refractivity contribution in [2.24, 2.45) is 0 Å². The third kappa shape index (κ3) is 2.96. The van der Waals surface area contributed by atoms with Crippen LogP contribution in [0.25, 0.3) is 0 Å². The molecule has 6 heteroatoms. The lowest BCUT2D eigenvalue weighted by Crippen LogP contribution is -2.51. The highest BCUT2D eigenvalue weighted by molar-refractivity contribution is 5.74. The monoisotopic (exact) mass is 301 g/mol. The van der Waals surface area contributed by atoms with Crippen molar-refractivity contribution in [2.45, 2.75) is 25.6 Å². The second-order valence-corrected chi connectivity index (χ2v) is 5.46. The van der Waals surface area contributed by atoms with E-state index in [0.717, 1.165) is 29.8 Å². The van der Waals surface area contributed by atoms with E-state index >= 15 is 0 Å². The lowest BCUT2D eigenvalue weighted by molar-refractivity contribution is -0.148. The number of benzene rings is 1. The molecule has 1 aromatic carbocycles. The van der Waals surface area contributed by atoms with Gasteiger partial charge in [0.05, 0.1) is 13.7 Å². The van der Waals surface area contributed by atoms with E-state index in [0.29, 0.717) is 13.1 Å². The summed E-state index contributed by atoms with van der Waals surface area (Å²) in [6.45, 7) is 2.11. The molecule has 3 rings (SSSR count). The van der Waals surface area contributed by atoms with E-state index in [2.05, 4.69) is 11.2 Å². The van der Waals surface area contributed by atoms with E-state index in [-0.39, 0.29) is 6.04 Å². The number of carbonyl (C=O) groups is 1. The zero-order chi connectivity index (χ0) is 15.5. The number of likely N-dealkylation sites (tertiary alicyclic amines) is 1. The lowest BCUT2D eigenvalue weighted by atomic mass is 10.0. The molecule has 1 fully saturated rings. The van der Waals surface area contributed by atoms with Crippen LogP contribution >= 0.6 is 0 Å². The van der Waals surface area contributed by atoms with Gasteiger partial charge in [0.25, 0.3) is 0 Å². The number of rotatable bonds is 6. The number of carboxylic acids is 1. The largest absolute Gasteiger partial charge is 0.496 e. The minimum atomic E-state index is -0.739. The Balaban J connectivity index is 1.76. The minimum Gasteiger partial charge on any atom is -0.496 e. The first-order chi connectivity index (χ1) is 10.7. The molecule has 0 amide bonds. The summed E-state index contributed by atoms with van der Waals surface area (Å²) in [5.74, 6) is 0.0779. The highest BCUT2D eigenvalue weighted by Gasteiger charge is 2.33. The molecular formula is C16H19N3O3. The maximum atomic E-state index is 11.1. The number of ether oxygens (including phenoxy) is 1. The number of aromatic nitrogens is 2. The quantitative estimate of drug-likeness (QED) is 0.878. The zero-order valence-corrected chi connectivity index (χ0v) is 12.5. The van der Waals surface area contributed by atoms with Crippen molar-refractivity contribution >= 4 is 5.97 Å². The molecule has 1 atom stereocenters. The molecule has 2 aromatic rings. The highest BCUT2D eigenvalue weighted by Crippen LogP contribution is 2.25. The second-order valence-electron chi connectivity index (χ2n) is 5.46. The molecule has 1 aromatic heterocycles.